The maximum atomic E-state index is 12.4. The van der Waals surface area contributed by atoms with Crippen molar-refractivity contribution in [2.24, 2.45) is 0 Å². The van der Waals surface area contributed by atoms with Crippen molar-refractivity contribution < 1.29 is 58.1 Å². The van der Waals surface area contributed by atoms with Crippen LogP contribution in [0.3, 0.4) is 0 Å². The second kappa shape index (κ2) is 17.8. The van der Waals surface area contributed by atoms with E-state index in [1.807, 2.05) is 0 Å². The molecule has 12 nitrogen and oxygen atoms in total. The number of hydrogen-bond acceptors (Lipinski definition) is 9. The average molecular weight is 517 g/mol. The van der Waals surface area contributed by atoms with Gasteiger partial charge in [-0.05, 0) is 36.0 Å². The first-order chi connectivity index (χ1) is 17.3. The Bertz CT molecular complexity index is 852. The standard InChI is InChI=1S/C24H36O12/c1-31-10-13-34-7-4-16-17(5-8-35-14-11-32-2)20(23(27)28)21(24(29)30)18(19(16)22(25)26)6-9-36-15-12-33-3/h4-15H2,1-3H3,(H,25,26)(H,27,28)(H,29,30). The van der Waals surface area contributed by atoms with Gasteiger partial charge in [-0.25, -0.2) is 14.4 Å². The Labute approximate surface area is 210 Å². The SMILES string of the molecule is COCCOCCc1c(CCOCCOC)c(C(=O)O)c(C(=O)O)c(CCOCCOC)c1C(=O)O. The fraction of sp³-hybridized carbons (Fsp3) is 0.625. The Kier molecular flexibility index (Phi) is 15.5. The van der Waals surface area contributed by atoms with Crippen molar-refractivity contribution in [2.45, 2.75) is 19.3 Å². The smallest absolute Gasteiger partial charge is 0.336 e. The van der Waals surface area contributed by atoms with Crippen molar-refractivity contribution >= 4 is 17.9 Å². The molecule has 0 unspecified atom stereocenters. The van der Waals surface area contributed by atoms with E-state index in [1.165, 1.54) is 21.3 Å². The molecule has 1 aromatic rings. The summed E-state index contributed by atoms with van der Waals surface area (Å²) in [5.41, 5.74) is -1.10. The summed E-state index contributed by atoms with van der Waals surface area (Å²) in [6, 6.07) is 0. The van der Waals surface area contributed by atoms with Gasteiger partial charge >= 0.3 is 17.9 Å². The highest BCUT2D eigenvalue weighted by Gasteiger charge is 2.32. The average Bonchev–Trinajstić information content (AvgIpc) is 2.83. The van der Waals surface area contributed by atoms with Crippen LogP contribution in [0.1, 0.15) is 47.8 Å². The van der Waals surface area contributed by atoms with Gasteiger partial charge in [0.25, 0.3) is 0 Å². The molecule has 0 fully saturated rings. The zero-order chi connectivity index (χ0) is 26.9. The van der Waals surface area contributed by atoms with Gasteiger partial charge < -0.3 is 43.7 Å². The number of carboxylic acid groups (broad SMARTS) is 3. The minimum Gasteiger partial charge on any atom is -0.478 e. The lowest BCUT2D eigenvalue weighted by Gasteiger charge is -2.22. The Balaban J connectivity index is 3.60. The lowest BCUT2D eigenvalue weighted by molar-refractivity contribution is 0.0627. The lowest BCUT2D eigenvalue weighted by atomic mass is 9.83. The van der Waals surface area contributed by atoms with Crippen LogP contribution in [0.5, 0.6) is 0 Å². The van der Waals surface area contributed by atoms with Gasteiger partial charge in [0.05, 0.1) is 76.2 Å². The van der Waals surface area contributed by atoms with Gasteiger partial charge in [-0.15, -0.1) is 0 Å². The van der Waals surface area contributed by atoms with E-state index >= 15 is 0 Å². The fourth-order valence-corrected chi connectivity index (χ4v) is 3.70. The highest BCUT2D eigenvalue weighted by atomic mass is 16.5. The zero-order valence-corrected chi connectivity index (χ0v) is 21.0. The van der Waals surface area contributed by atoms with E-state index in [-0.39, 0.29) is 81.2 Å². The number of methoxy groups -OCH3 is 3. The second-order valence-corrected chi connectivity index (χ2v) is 7.54. The molecule has 3 N–H and O–H groups in total. The Morgan fingerprint density at radius 3 is 1.11 bits per heavy atom. The number of carbonyl (C=O) groups is 3. The summed E-state index contributed by atoms with van der Waals surface area (Å²) in [6.45, 7) is 1.75. The first-order valence-electron chi connectivity index (χ1n) is 11.4. The third kappa shape index (κ3) is 9.80. The quantitative estimate of drug-likeness (QED) is 0.201. The fourth-order valence-electron chi connectivity index (χ4n) is 3.70. The maximum Gasteiger partial charge on any atom is 0.336 e. The van der Waals surface area contributed by atoms with Crippen LogP contribution < -0.4 is 0 Å². The summed E-state index contributed by atoms with van der Waals surface area (Å²) >= 11 is 0. The molecule has 1 aromatic carbocycles. The van der Waals surface area contributed by atoms with Crippen LogP contribution >= 0.6 is 0 Å². The van der Waals surface area contributed by atoms with E-state index in [0.717, 1.165) is 0 Å². The molecule has 1 rings (SSSR count). The molecule has 0 saturated carbocycles. The molecule has 0 radical (unpaired) electrons. The molecule has 0 saturated heterocycles. The maximum absolute atomic E-state index is 12.4. The molecule has 0 heterocycles. The van der Waals surface area contributed by atoms with Crippen molar-refractivity contribution in [1.82, 2.24) is 0 Å². The molecular formula is C24H36O12. The predicted molar refractivity (Wildman–Crippen MR) is 127 cm³/mol. The number of rotatable bonds is 21. The minimum absolute atomic E-state index is 0.00999. The van der Waals surface area contributed by atoms with Crippen LogP contribution in [0.4, 0.5) is 0 Å². The van der Waals surface area contributed by atoms with Crippen LogP contribution in [0.2, 0.25) is 0 Å². The van der Waals surface area contributed by atoms with Crippen molar-refractivity contribution in [3.8, 4) is 0 Å². The summed E-state index contributed by atoms with van der Waals surface area (Å²) in [5.74, 6) is -4.37. The monoisotopic (exact) mass is 516 g/mol. The van der Waals surface area contributed by atoms with Crippen molar-refractivity contribution in [2.75, 3.05) is 80.8 Å². The molecule has 36 heavy (non-hydrogen) atoms. The van der Waals surface area contributed by atoms with Crippen LogP contribution in [0, 0.1) is 0 Å². The third-order valence-electron chi connectivity index (χ3n) is 5.25. The molecule has 12 heteroatoms. The van der Waals surface area contributed by atoms with E-state index in [2.05, 4.69) is 0 Å². The first-order valence-corrected chi connectivity index (χ1v) is 11.4. The first kappa shape index (κ1) is 31.4. The molecular weight excluding hydrogens is 480 g/mol. The minimum atomic E-state index is -1.54. The number of benzene rings is 1. The van der Waals surface area contributed by atoms with Gasteiger partial charge in [-0.2, -0.15) is 0 Å². The molecule has 0 amide bonds. The van der Waals surface area contributed by atoms with Gasteiger partial charge in [0.2, 0.25) is 0 Å². The second-order valence-electron chi connectivity index (χ2n) is 7.54. The van der Waals surface area contributed by atoms with E-state index in [1.54, 1.807) is 0 Å². The molecule has 0 aromatic heterocycles. The summed E-state index contributed by atoms with van der Waals surface area (Å²) in [5, 5.41) is 30.1. The summed E-state index contributed by atoms with van der Waals surface area (Å²) in [7, 11) is 4.51. The molecule has 204 valence electrons. The van der Waals surface area contributed by atoms with Crippen molar-refractivity contribution in [3.63, 3.8) is 0 Å². The normalized spacial score (nSPS) is 11.1. The molecule has 0 aliphatic heterocycles. The third-order valence-corrected chi connectivity index (χ3v) is 5.25. The number of ether oxygens (including phenoxy) is 6. The van der Waals surface area contributed by atoms with Gasteiger partial charge in [-0.1, -0.05) is 0 Å². The number of carboxylic acids is 3. The predicted octanol–water partition coefficient (Wildman–Crippen LogP) is 1.40. The molecule has 0 bridgehead atoms. The van der Waals surface area contributed by atoms with Gasteiger partial charge in [0, 0.05) is 21.3 Å². The van der Waals surface area contributed by atoms with Crippen LogP contribution in [0.15, 0.2) is 0 Å². The summed E-state index contributed by atoms with van der Waals surface area (Å²) in [6.07, 6.45) is -0.0736. The van der Waals surface area contributed by atoms with E-state index in [4.69, 9.17) is 28.4 Å². The summed E-state index contributed by atoms with van der Waals surface area (Å²) in [4.78, 5) is 37.0. The Morgan fingerprint density at radius 2 is 0.778 bits per heavy atom. The van der Waals surface area contributed by atoms with Gasteiger partial charge in [-0.3, -0.25) is 0 Å². The van der Waals surface area contributed by atoms with Crippen LogP contribution in [-0.4, -0.2) is 114 Å². The zero-order valence-electron chi connectivity index (χ0n) is 21.0. The van der Waals surface area contributed by atoms with E-state index < -0.39 is 29.0 Å². The Hall–Kier alpha value is -2.61. The van der Waals surface area contributed by atoms with Crippen LogP contribution in [0.25, 0.3) is 0 Å². The molecule has 0 spiro atoms. The van der Waals surface area contributed by atoms with Crippen molar-refractivity contribution in [3.05, 3.63) is 33.4 Å². The van der Waals surface area contributed by atoms with Crippen molar-refractivity contribution in [1.29, 1.82) is 0 Å². The lowest BCUT2D eigenvalue weighted by Crippen LogP contribution is -2.24. The Morgan fingerprint density at radius 1 is 0.472 bits per heavy atom. The number of hydrogen-bond donors (Lipinski definition) is 3. The van der Waals surface area contributed by atoms with Crippen LogP contribution in [-0.2, 0) is 47.7 Å². The topological polar surface area (TPSA) is 167 Å². The molecule has 0 aliphatic rings. The molecule has 0 aliphatic carbocycles. The highest BCUT2D eigenvalue weighted by Crippen LogP contribution is 2.31. The largest absolute Gasteiger partial charge is 0.478 e. The highest BCUT2D eigenvalue weighted by molar-refractivity contribution is 6.07. The summed E-state index contributed by atoms with van der Waals surface area (Å²) < 4.78 is 31.1. The van der Waals surface area contributed by atoms with E-state index in [0.29, 0.717) is 19.8 Å². The van der Waals surface area contributed by atoms with E-state index in [9.17, 15) is 29.7 Å². The van der Waals surface area contributed by atoms with Gasteiger partial charge in [0.15, 0.2) is 0 Å². The van der Waals surface area contributed by atoms with Gasteiger partial charge in [0.1, 0.15) is 0 Å². The molecule has 0 atom stereocenters. The number of aromatic carboxylic acids is 3.